The highest BCUT2D eigenvalue weighted by Crippen LogP contribution is 2.33. The molecule has 0 aliphatic rings. The van der Waals surface area contributed by atoms with E-state index in [1.54, 1.807) is 19.2 Å². The van der Waals surface area contributed by atoms with Gasteiger partial charge in [0.05, 0.1) is 12.8 Å². The zero-order valence-corrected chi connectivity index (χ0v) is 8.00. The third-order valence-electron chi connectivity index (χ3n) is 1.88. The van der Waals surface area contributed by atoms with Crippen LogP contribution < -0.4 is 15.8 Å². The second-order valence-electron chi connectivity index (χ2n) is 2.65. The van der Waals surface area contributed by atoms with Gasteiger partial charge >= 0.3 is 0 Å². The van der Waals surface area contributed by atoms with Gasteiger partial charge in [0.2, 0.25) is 0 Å². The van der Waals surface area contributed by atoms with E-state index in [0.29, 0.717) is 5.69 Å². The molecule has 0 aliphatic carbocycles. The maximum Gasteiger partial charge on any atom is 0.256 e. The maximum atomic E-state index is 11.0. The second kappa shape index (κ2) is 3.87. The monoisotopic (exact) mass is 196 g/mol. The largest absolute Gasteiger partial charge is 0.505 e. The van der Waals surface area contributed by atoms with Crippen molar-refractivity contribution in [1.29, 1.82) is 0 Å². The highest BCUT2D eigenvalue weighted by molar-refractivity contribution is 6.00. The number of carbonyl (C=O) groups is 1. The number of ether oxygens (including phenoxy) is 1. The Bertz CT molecular complexity index is 363. The number of amides is 1. The summed E-state index contributed by atoms with van der Waals surface area (Å²) in [6.07, 6.45) is 0. The first-order valence-corrected chi connectivity index (χ1v) is 3.99. The number of carbonyl (C=O) groups excluding carboxylic acids is 1. The summed E-state index contributed by atoms with van der Waals surface area (Å²) < 4.78 is 4.90. The molecule has 1 rings (SSSR count). The summed E-state index contributed by atoms with van der Waals surface area (Å²) in [5, 5.41) is 12.4. The number of primary amides is 1. The van der Waals surface area contributed by atoms with Crippen LogP contribution in [0.4, 0.5) is 5.69 Å². The normalized spacial score (nSPS) is 9.57. The number of rotatable bonds is 3. The zero-order valence-electron chi connectivity index (χ0n) is 8.00. The fourth-order valence-electron chi connectivity index (χ4n) is 1.18. The number of aromatic hydroxyl groups is 1. The molecule has 4 N–H and O–H groups in total. The average molecular weight is 196 g/mol. The topological polar surface area (TPSA) is 84.6 Å². The van der Waals surface area contributed by atoms with E-state index in [1.165, 1.54) is 7.11 Å². The van der Waals surface area contributed by atoms with Gasteiger partial charge in [0.15, 0.2) is 5.75 Å². The third-order valence-corrected chi connectivity index (χ3v) is 1.88. The van der Waals surface area contributed by atoms with E-state index in [2.05, 4.69) is 5.32 Å². The van der Waals surface area contributed by atoms with Crippen LogP contribution in [-0.4, -0.2) is 25.2 Å². The van der Waals surface area contributed by atoms with Crippen molar-refractivity contribution in [2.24, 2.45) is 5.73 Å². The molecule has 1 aromatic rings. The van der Waals surface area contributed by atoms with Crippen LogP contribution in [0.2, 0.25) is 0 Å². The zero-order chi connectivity index (χ0) is 10.7. The molecule has 0 spiro atoms. The molecule has 0 radical (unpaired) electrons. The number of hydrogen-bond acceptors (Lipinski definition) is 4. The van der Waals surface area contributed by atoms with Crippen molar-refractivity contribution in [3.8, 4) is 11.5 Å². The Hall–Kier alpha value is -1.91. The summed E-state index contributed by atoms with van der Waals surface area (Å²) in [6.45, 7) is 0. The molecule has 0 heterocycles. The summed E-state index contributed by atoms with van der Waals surface area (Å²) in [4.78, 5) is 11.0. The molecule has 0 aliphatic heterocycles. The number of anilines is 1. The molecule has 0 bridgehead atoms. The lowest BCUT2D eigenvalue weighted by Gasteiger charge is -2.10. The molecular formula is C9H12N2O3. The van der Waals surface area contributed by atoms with Crippen molar-refractivity contribution in [3.63, 3.8) is 0 Å². The fraction of sp³-hybridized carbons (Fsp3) is 0.222. The molecule has 0 fully saturated rings. The quantitative estimate of drug-likeness (QED) is 0.616. The van der Waals surface area contributed by atoms with E-state index in [4.69, 9.17) is 10.5 Å². The van der Waals surface area contributed by atoms with Crippen LogP contribution in [0.3, 0.4) is 0 Å². The van der Waals surface area contributed by atoms with Gasteiger partial charge in [0.25, 0.3) is 5.91 Å². The summed E-state index contributed by atoms with van der Waals surface area (Å²) in [7, 11) is 3.03. The van der Waals surface area contributed by atoms with Crippen LogP contribution in [0.15, 0.2) is 12.1 Å². The molecule has 0 saturated heterocycles. The number of nitrogens with two attached hydrogens (primary N) is 1. The number of benzene rings is 1. The molecule has 0 atom stereocenters. The highest BCUT2D eigenvalue weighted by Gasteiger charge is 2.17. The first-order valence-electron chi connectivity index (χ1n) is 3.99. The molecule has 0 unspecified atom stereocenters. The van der Waals surface area contributed by atoms with Gasteiger partial charge in [-0.25, -0.2) is 0 Å². The number of nitrogens with one attached hydrogen (secondary N) is 1. The lowest BCUT2D eigenvalue weighted by atomic mass is 10.1. The van der Waals surface area contributed by atoms with E-state index in [0.717, 1.165) is 0 Å². The lowest BCUT2D eigenvalue weighted by molar-refractivity contribution is 0.0995. The predicted molar refractivity (Wildman–Crippen MR) is 52.7 cm³/mol. The van der Waals surface area contributed by atoms with Gasteiger partial charge in [-0.2, -0.15) is 0 Å². The van der Waals surface area contributed by atoms with Gasteiger partial charge < -0.3 is 20.9 Å². The molecule has 14 heavy (non-hydrogen) atoms. The van der Waals surface area contributed by atoms with Gasteiger partial charge in [-0.05, 0) is 12.1 Å². The predicted octanol–water partition coefficient (Wildman–Crippen LogP) is 0.541. The van der Waals surface area contributed by atoms with Gasteiger partial charge in [-0.15, -0.1) is 0 Å². The minimum Gasteiger partial charge on any atom is -0.505 e. The van der Waals surface area contributed by atoms with Gasteiger partial charge in [0.1, 0.15) is 11.3 Å². The average Bonchev–Trinajstić information content (AvgIpc) is 2.16. The van der Waals surface area contributed by atoms with Crippen molar-refractivity contribution in [1.82, 2.24) is 0 Å². The smallest absolute Gasteiger partial charge is 0.256 e. The van der Waals surface area contributed by atoms with Crippen LogP contribution in [0.1, 0.15) is 10.4 Å². The molecule has 0 saturated carbocycles. The Morgan fingerprint density at radius 1 is 1.57 bits per heavy atom. The summed E-state index contributed by atoms with van der Waals surface area (Å²) in [6, 6.07) is 3.16. The van der Waals surface area contributed by atoms with Crippen molar-refractivity contribution in [2.45, 2.75) is 0 Å². The van der Waals surface area contributed by atoms with Crippen molar-refractivity contribution < 1.29 is 14.6 Å². The van der Waals surface area contributed by atoms with Crippen LogP contribution in [-0.2, 0) is 0 Å². The minimum absolute atomic E-state index is 0.0145. The van der Waals surface area contributed by atoms with E-state index in [-0.39, 0.29) is 17.1 Å². The molecule has 1 aromatic carbocycles. The molecule has 76 valence electrons. The first kappa shape index (κ1) is 10.2. The SMILES string of the molecule is CNc1ccc(OC)c(C(N)=O)c1O. The van der Waals surface area contributed by atoms with E-state index < -0.39 is 5.91 Å². The molecular weight excluding hydrogens is 184 g/mol. The Balaban J connectivity index is 3.39. The standard InChI is InChI=1S/C9H12N2O3/c1-11-5-3-4-6(14-2)7(8(5)12)9(10)13/h3-4,11-12H,1-2H3,(H2,10,13). The van der Waals surface area contributed by atoms with Crippen LogP contribution in [0, 0.1) is 0 Å². The van der Waals surface area contributed by atoms with E-state index in [1.807, 2.05) is 0 Å². The number of phenols is 1. The Morgan fingerprint density at radius 3 is 2.64 bits per heavy atom. The maximum absolute atomic E-state index is 11.0. The van der Waals surface area contributed by atoms with Crippen LogP contribution in [0.25, 0.3) is 0 Å². The Kier molecular flexibility index (Phi) is 2.81. The lowest BCUT2D eigenvalue weighted by Crippen LogP contribution is -2.13. The Morgan fingerprint density at radius 2 is 2.21 bits per heavy atom. The summed E-state index contributed by atoms with van der Waals surface area (Å²) >= 11 is 0. The van der Waals surface area contributed by atoms with Crippen LogP contribution in [0.5, 0.6) is 11.5 Å². The third kappa shape index (κ3) is 1.56. The van der Waals surface area contributed by atoms with Crippen LogP contribution >= 0.6 is 0 Å². The molecule has 5 heteroatoms. The highest BCUT2D eigenvalue weighted by atomic mass is 16.5. The molecule has 5 nitrogen and oxygen atoms in total. The Labute approximate surface area is 81.5 Å². The fourth-order valence-corrected chi connectivity index (χ4v) is 1.18. The second-order valence-corrected chi connectivity index (χ2v) is 2.65. The summed E-state index contributed by atoms with van der Waals surface area (Å²) in [5.41, 5.74) is 5.52. The number of hydrogen-bond donors (Lipinski definition) is 3. The number of methoxy groups -OCH3 is 1. The van der Waals surface area contributed by atoms with Gasteiger partial charge in [-0.3, -0.25) is 4.79 Å². The summed E-state index contributed by atoms with van der Waals surface area (Å²) in [5.74, 6) is -0.662. The van der Waals surface area contributed by atoms with Gasteiger partial charge in [0, 0.05) is 7.05 Å². The van der Waals surface area contributed by atoms with Crippen molar-refractivity contribution in [3.05, 3.63) is 17.7 Å². The van der Waals surface area contributed by atoms with Crippen molar-refractivity contribution >= 4 is 11.6 Å². The molecule has 1 amide bonds. The van der Waals surface area contributed by atoms with Gasteiger partial charge in [-0.1, -0.05) is 0 Å². The first-order chi connectivity index (χ1) is 6.61. The van der Waals surface area contributed by atoms with E-state index in [9.17, 15) is 9.90 Å². The minimum atomic E-state index is -0.726. The molecule has 0 aromatic heterocycles. The van der Waals surface area contributed by atoms with Crippen molar-refractivity contribution in [2.75, 3.05) is 19.5 Å². The van der Waals surface area contributed by atoms with E-state index >= 15 is 0 Å².